The van der Waals surface area contributed by atoms with E-state index in [1.165, 1.54) is 4.90 Å². The second kappa shape index (κ2) is 10.1. The smallest absolute Gasteiger partial charge is 0.243 e. The number of carbonyl (C=O) groups is 2. The molecule has 3 atom stereocenters. The van der Waals surface area contributed by atoms with Crippen molar-refractivity contribution in [3.05, 3.63) is 41.0 Å². The van der Waals surface area contributed by atoms with Gasteiger partial charge in [-0.1, -0.05) is 38.1 Å². The fraction of sp³-hybridized carbons (Fsp3) is 0.480. The molecule has 1 saturated heterocycles. The minimum absolute atomic E-state index is 0.00880. The van der Waals surface area contributed by atoms with Gasteiger partial charge in [-0.25, -0.2) is 9.98 Å². The van der Waals surface area contributed by atoms with E-state index in [4.69, 9.17) is 0 Å². The first-order chi connectivity index (χ1) is 16.2. The van der Waals surface area contributed by atoms with Crippen molar-refractivity contribution in [2.24, 2.45) is 21.8 Å². The molecule has 34 heavy (non-hydrogen) atoms. The molecule has 2 N–H and O–H groups in total. The lowest BCUT2D eigenvalue weighted by Gasteiger charge is -2.29. The number of nitrogens with one attached hydrogen (secondary N) is 1. The minimum Gasteiger partial charge on any atom is -0.391 e. The molecule has 180 valence electrons. The third kappa shape index (κ3) is 5.10. The second-order valence-electron chi connectivity index (χ2n) is 9.27. The summed E-state index contributed by atoms with van der Waals surface area (Å²) in [5.41, 5.74) is 5.62. The van der Waals surface area contributed by atoms with Crippen molar-refractivity contribution in [2.75, 3.05) is 13.1 Å². The van der Waals surface area contributed by atoms with Gasteiger partial charge in [0, 0.05) is 19.5 Å². The van der Waals surface area contributed by atoms with Crippen molar-refractivity contribution >= 4 is 34.7 Å². The van der Waals surface area contributed by atoms with Crippen LogP contribution in [0.4, 0.5) is 0 Å². The van der Waals surface area contributed by atoms with E-state index in [-0.39, 0.29) is 30.7 Å². The average Bonchev–Trinajstić information content (AvgIpc) is 3.52. The van der Waals surface area contributed by atoms with Gasteiger partial charge in [-0.2, -0.15) is 0 Å². The summed E-state index contributed by atoms with van der Waals surface area (Å²) in [7, 11) is 0. The molecule has 2 aliphatic heterocycles. The van der Waals surface area contributed by atoms with Gasteiger partial charge in [0.15, 0.2) is 0 Å². The van der Waals surface area contributed by atoms with E-state index in [0.29, 0.717) is 18.9 Å². The summed E-state index contributed by atoms with van der Waals surface area (Å²) in [6, 6.07) is 7.31. The third-order valence-corrected chi connectivity index (χ3v) is 7.34. The Morgan fingerprint density at radius 1 is 1.24 bits per heavy atom. The zero-order chi connectivity index (χ0) is 24.4. The van der Waals surface area contributed by atoms with Crippen LogP contribution in [0, 0.1) is 18.8 Å². The summed E-state index contributed by atoms with van der Waals surface area (Å²) >= 11 is 1.60. The van der Waals surface area contributed by atoms with Gasteiger partial charge in [0.25, 0.3) is 0 Å². The highest BCUT2D eigenvalue weighted by molar-refractivity contribution is 7.13. The van der Waals surface area contributed by atoms with Crippen LogP contribution >= 0.6 is 11.3 Å². The lowest BCUT2D eigenvalue weighted by molar-refractivity contribution is -0.141. The number of benzene rings is 1. The van der Waals surface area contributed by atoms with Gasteiger partial charge in [0.05, 0.1) is 40.4 Å². The molecule has 1 aromatic carbocycles. The van der Waals surface area contributed by atoms with E-state index < -0.39 is 18.1 Å². The molecule has 0 saturated carbocycles. The van der Waals surface area contributed by atoms with Gasteiger partial charge in [-0.15, -0.1) is 11.3 Å². The number of aryl methyl sites for hydroxylation is 1. The van der Waals surface area contributed by atoms with Crippen LogP contribution in [0.25, 0.3) is 10.4 Å². The van der Waals surface area contributed by atoms with Crippen molar-refractivity contribution in [1.82, 2.24) is 15.2 Å². The maximum atomic E-state index is 13.5. The Balaban J connectivity index is 1.42. The van der Waals surface area contributed by atoms with Gasteiger partial charge in [0.1, 0.15) is 11.9 Å². The number of aromatic nitrogens is 1. The number of rotatable bonds is 7. The zero-order valence-electron chi connectivity index (χ0n) is 20.0. The second-order valence-corrected chi connectivity index (χ2v) is 10.1. The van der Waals surface area contributed by atoms with E-state index >= 15 is 0 Å². The number of amidine groups is 1. The molecule has 0 unspecified atom stereocenters. The highest BCUT2D eigenvalue weighted by Gasteiger charge is 2.43. The van der Waals surface area contributed by atoms with Crippen LogP contribution in [0.15, 0.2) is 39.8 Å². The van der Waals surface area contributed by atoms with Gasteiger partial charge in [-0.3, -0.25) is 14.6 Å². The van der Waals surface area contributed by atoms with E-state index in [1.54, 1.807) is 11.3 Å². The molecule has 0 spiro atoms. The number of thiazole rings is 1. The van der Waals surface area contributed by atoms with E-state index in [9.17, 15) is 14.7 Å². The number of likely N-dealkylation sites (tertiary alicyclic amines) is 1. The molecule has 1 fully saturated rings. The lowest BCUT2D eigenvalue weighted by Crippen LogP contribution is -2.50. The Morgan fingerprint density at radius 3 is 2.56 bits per heavy atom. The molecule has 0 aliphatic carbocycles. The quantitative estimate of drug-likeness (QED) is 0.634. The molecule has 0 radical (unpaired) electrons. The number of nitrogens with zero attached hydrogens (tertiary/aromatic N) is 4. The zero-order valence-corrected chi connectivity index (χ0v) is 20.8. The first kappa shape index (κ1) is 24.2. The number of aliphatic hydroxyl groups is 1. The summed E-state index contributed by atoms with van der Waals surface area (Å²) in [4.78, 5) is 42.3. The molecule has 8 nitrogen and oxygen atoms in total. The van der Waals surface area contributed by atoms with Crippen molar-refractivity contribution in [3.8, 4) is 10.4 Å². The molecule has 1 aromatic heterocycles. The highest BCUT2D eigenvalue weighted by Crippen LogP contribution is 2.28. The normalized spacial score (nSPS) is 20.9. The summed E-state index contributed by atoms with van der Waals surface area (Å²) in [5.74, 6) is -0.199. The van der Waals surface area contributed by atoms with Crippen LogP contribution in [0.5, 0.6) is 0 Å². The Kier molecular flexibility index (Phi) is 7.23. The van der Waals surface area contributed by atoms with Crippen LogP contribution in [0.1, 0.15) is 38.4 Å². The maximum Gasteiger partial charge on any atom is 0.243 e. The van der Waals surface area contributed by atoms with Crippen molar-refractivity contribution in [2.45, 2.75) is 52.8 Å². The average molecular weight is 482 g/mol. The molecule has 4 rings (SSSR count). The third-order valence-electron chi connectivity index (χ3n) is 6.36. The van der Waals surface area contributed by atoms with Gasteiger partial charge in [0.2, 0.25) is 11.8 Å². The van der Waals surface area contributed by atoms with Crippen LogP contribution in [-0.4, -0.2) is 63.6 Å². The molecular weight excluding hydrogens is 450 g/mol. The molecule has 0 bridgehead atoms. The number of β-amino-alcohol motifs (C(OH)–C–C–N with tert-alkyl or cyclic N) is 1. The molecule has 2 aliphatic rings. The summed E-state index contributed by atoms with van der Waals surface area (Å²) in [6.45, 7) is 8.65. The summed E-state index contributed by atoms with van der Waals surface area (Å²) in [6.07, 6.45) is -0.494. The number of carbonyl (C=O) groups excluding carboxylic acids is 2. The monoisotopic (exact) mass is 481 g/mol. The molecule has 2 amide bonds. The standard InChI is InChI=1S/C25H31N5O3S/c1-14(2)22(20-11-26-16(4)29-20)25(33)30-12-19(31)9-21(30)24(32)27-10-17-5-7-18(8-6-17)23-15(3)28-13-34-23/h5-8,13-14,19,21-22,31H,9-12H2,1-4H3,(H,27,32)/t19-,21+,22-/m1/s1. The Labute approximate surface area is 203 Å². The minimum atomic E-state index is -0.724. The lowest BCUT2D eigenvalue weighted by atomic mass is 9.89. The first-order valence-electron chi connectivity index (χ1n) is 11.6. The Hall–Kier alpha value is -2.91. The van der Waals surface area contributed by atoms with Crippen LogP contribution in [0.2, 0.25) is 0 Å². The van der Waals surface area contributed by atoms with E-state index in [2.05, 4.69) is 20.3 Å². The van der Waals surface area contributed by atoms with Crippen LogP contribution in [-0.2, 0) is 16.1 Å². The van der Waals surface area contributed by atoms with Gasteiger partial charge < -0.3 is 15.3 Å². The fourth-order valence-electron chi connectivity index (χ4n) is 4.60. The predicted octanol–water partition coefficient (Wildman–Crippen LogP) is 2.84. The molecule has 2 aromatic rings. The van der Waals surface area contributed by atoms with Crippen molar-refractivity contribution < 1.29 is 14.7 Å². The Bertz CT molecular complexity index is 1120. The molecular formula is C25H31N5O3S. The van der Waals surface area contributed by atoms with E-state index in [0.717, 1.165) is 27.4 Å². The summed E-state index contributed by atoms with van der Waals surface area (Å²) in [5, 5.41) is 13.2. The Morgan fingerprint density at radius 2 is 1.97 bits per heavy atom. The number of amides is 2. The predicted molar refractivity (Wildman–Crippen MR) is 134 cm³/mol. The number of aliphatic hydroxyl groups excluding tert-OH is 1. The van der Waals surface area contributed by atoms with Crippen LogP contribution in [0.3, 0.4) is 0 Å². The number of hydrogen-bond donors (Lipinski definition) is 2. The fourth-order valence-corrected chi connectivity index (χ4v) is 5.41. The van der Waals surface area contributed by atoms with Gasteiger partial charge >= 0.3 is 0 Å². The number of hydrogen-bond acceptors (Lipinski definition) is 7. The van der Waals surface area contributed by atoms with Crippen molar-refractivity contribution in [3.63, 3.8) is 0 Å². The topological polar surface area (TPSA) is 107 Å². The summed E-state index contributed by atoms with van der Waals surface area (Å²) < 4.78 is 0. The maximum absolute atomic E-state index is 13.5. The highest BCUT2D eigenvalue weighted by atomic mass is 32.1. The molecule has 3 heterocycles. The molecule has 9 heteroatoms. The van der Waals surface area contributed by atoms with E-state index in [1.807, 2.05) is 57.5 Å². The van der Waals surface area contributed by atoms with Crippen molar-refractivity contribution in [1.29, 1.82) is 0 Å². The largest absolute Gasteiger partial charge is 0.391 e. The van der Waals surface area contributed by atoms with Gasteiger partial charge in [-0.05, 0) is 30.9 Å². The first-order valence-corrected chi connectivity index (χ1v) is 12.5. The van der Waals surface area contributed by atoms with Crippen LogP contribution < -0.4 is 5.32 Å². The number of aliphatic imine (C=N–C) groups is 2. The SMILES string of the molecule is CC1=NCC([C@H](C(=O)N2C[C@H](O)C[C@H]2C(=O)NCc2ccc(-c3scnc3C)cc2)C(C)C)=N1.